The van der Waals surface area contributed by atoms with Crippen LogP contribution in [0.5, 0.6) is 11.5 Å². The summed E-state index contributed by atoms with van der Waals surface area (Å²) in [5.74, 6) is 1.79. The SMILES string of the molecule is Cc1c(-c2c3ccccc3cc3ccccc23)c(C)[n+]2n1-c1cccc3c1C21c2c(cccc2-n2c4ccccc4c4ccc[n+]1c42)O3. The molecule has 0 fully saturated rings. The van der Waals surface area contributed by atoms with E-state index >= 15 is 0 Å². The summed E-state index contributed by atoms with van der Waals surface area (Å²) in [6.45, 7) is 4.61. The van der Waals surface area contributed by atoms with Gasteiger partial charge in [-0.15, -0.1) is 4.68 Å². The van der Waals surface area contributed by atoms with E-state index in [1.54, 1.807) is 0 Å². The Bertz CT molecular complexity index is 2910. The number of hydrogen-bond donors (Lipinski definition) is 0. The van der Waals surface area contributed by atoms with Crippen molar-refractivity contribution in [2.75, 3.05) is 0 Å². The molecule has 224 valence electrons. The molecule has 48 heavy (non-hydrogen) atoms. The molecule has 1 unspecified atom stereocenters. The lowest BCUT2D eigenvalue weighted by Crippen LogP contribution is -2.77. The Balaban J connectivity index is 1.33. The summed E-state index contributed by atoms with van der Waals surface area (Å²) in [6, 6.07) is 46.3. The van der Waals surface area contributed by atoms with Crippen molar-refractivity contribution in [2.24, 2.45) is 0 Å². The number of fused-ring (bicyclic) bond motifs is 8. The normalized spacial score (nSPS) is 16.4. The van der Waals surface area contributed by atoms with E-state index in [1.165, 1.54) is 71.6 Å². The molecule has 0 saturated heterocycles. The van der Waals surface area contributed by atoms with Crippen LogP contribution in [0.4, 0.5) is 0 Å². The molecule has 3 aliphatic rings. The van der Waals surface area contributed by atoms with Gasteiger partial charge in [-0.05, 0) is 83.1 Å². The van der Waals surface area contributed by atoms with Gasteiger partial charge in [0.05, 0.1) is 22.8 Å². The summed E-state index contributed by atoms with van der Waals surface area (Å²) in [5.41, 5.74) is 11.3. The van der Waals surface area contributed by atoms with Crippen LogP contribution in [0.2, 0.25) is 0 Å². The summed E-state index contributed by atoms with van der Waals surface area (Å²) in [4.78, 5) is 0. The largest absolute Gasteiger partial charge is 0.456 e. The zero-order valence-electron chi connectivity index (χ0n) is 26.4. The number of aromatic nitrogens is 4. The predicted octanol–water partition coefficient (Wildman–Crippen LogP) is 8.77. The van der Waals surface area contributed by atoms with Gasteiger partial charge in [0.1, 0.15) is 28.3 Å². The van der Waals surface area contributed by atoms with E-state index < -0.39 is 5.66 Å². The average molecular weight is 617 g/mol. The molecular formula is C43H28N4O+2. The topological polar surface area (TPSA) is 26.8 Å². The maximum absolute atomic E-state index is 6.87. The molecule has 0 saturated carbocycles. The van der Waals surface area contributed by atoms with Crippen molar-refractivity contribution in [3.05, 3.63) is 156 Å². The molecule has 3 aliphatic heterocycles. The van der Waals surface area contributed by atoms with Gasteiger partial charge in [0, 0.05) is 17.9 Å². The van der Waals surface area contributed by atoms with E-state index in [9.17, 15) is 0 Å². The van der Waals surface area contributed by atoms with Gasteiger partial charge < -0.3 is 4.74 Å². The van der Waals surface area contributed by atoms with Crippen molar-refractivity contribution < 1.29 is 14.0 Å². The molecule has 1 atom stereocenters. The number of nitrogens with zero attached hydrogens (tertiary/aromatic N) is 4. The van der Waals surface area contributed by atoms with Gasteiger partial charge in [-0.2, -0.15) is 9.13 Å². The zero-order chi connectivity index (χ0) is 31.5. The highest BCUT2D eigenvalue weighted by molar-refractivity contribution is 6.13. The standard InChI is InChI=1S/C43H28N4O/c1-25-38(39-29-14-5-3-12-27(29)24-28-13-4-6-15-30(28)39)26(2)47-43-40-34(19-9-21-36(40)48-37-22-10-20-35(41(37)43)46(25)47)45-33-18-8-7-16-31(33)32-17-11-23-44(43)42(32)45/h3-24H,1-2H3/q+2. The third-order valence-corrected chi connectivity index (χ3v) is 11.2. The Morgan fingerprint density at radius 2 is 1.21 bits per heavy atom. The van der Waals surface area contributed by atoms with Crippen LogP contribution >= 0.6 is 0 Å². The van der Waals surface area contributed by atoms with E-state index in [0.29, 0.717) is 0 Å². The van der Waals surface area contributed by atoms with Gasteiger partial charge >= 0.3 is 11.3 Å². The van der Waals surface area contributed by atoms with Crippen LogP contribution in [-0.4, -0.2) is 9.25 Å². The van der Waals surface area contributed by atoms with Crippen molar-refractivity contribution in [2.45, 2.75) is 19.5 Å². The molecule has 12 rings (SSSR count). The Morgan fingerprint density at radius 3 is 1.96 bits per heavy atom. The van der Waals surface area contributed by atoms with Crippen LogP contribution in [0.15, 0.2) is 134 Å². The van der Waals surface area contributed by atoms with E-state index in [1.807, 2.05) is 0 Å². The summed E-state index contributed by atoms with van der Waals surface area (Å²) >= 11 is 0. The van der Waals surface area contributed by atoms with E-state index in [0.717, 1.165) is 28.4 Å². The molecule has 5 nitrogen and oxygen atoms in total. The lowest BCUT2D eigenvalue weighted by atomic mass is 9.83. The molecule has 3 aromatic heterocycles. The van der Waals surface area contributed by atoms with Crippen molar-refractivity contribution in [3.63, 3.8) is 0 Å². The molecule has 6 aromatic carbocycles. The molecule has 0 N–H and O–H groups in total. The molecule has 9 aromatic rings. The van der Waals surface area contributed by atoms with Crippen molar-refractivity contribution in [3.8, 4) is 34.0 Å². The Labute approximate surface area is 275 Å². The lowest BCUT2D eigenvalue weighted by Gasteiger charge is -2.33. The van der Waals surface area contributed by atoms with E-state index in [-0.39, 0.29) is 0 Å². The second-order valence-corrected chi connectivity index (χ2v) is 13.4. The van der Waals surface area contributed by atoms with Gasteiger partial charge in [-0.25, -0.2) is 0 Å². The average Bonchev–Trinajstić information content (AvgIpc) is 3.72. The van der Waals surface area contributed by atoms with Crippen molar-refractivity contribution in [1.82, 2.24) is 9.25 Å². The first-order chi connectivity index (χ1) is 23.7. The number of hydrogen-bond acceptors (Lipinski definition) is 1. The van der Waals surface area contributed by atoms with Gasteiger partial charge in [0.2, 0.25) is 5.69 Å². The van der Waals surface area contributed by atoms with Crippen LogP contribution in [0.25, 0.3) is 66.0 Å². The fraction of sp³-hybridized carbons (Fsp3) is 0.0698. The lowest BCUT2D eigenvalue weighted by molar-refractivity contribution is -0.990. The van der Waals surface area contributed by atoms with Gasteiger partial charge in [-0.1, -0.05) is 77.5 Å². The highest BCUT2D eigenvalue weighted by Crippen LogP contribution is 2.55. The number of para-hydroxylation sites is 1. The first kappa shape index (κ1) is 25.0. The van der Waals surface area contributed by atoms with Gasteiger partial charge in [0.15, 0.2) is 11.3 Å². The number of rotatable bonds is 1. The number of benzene rings is 6. The Kier molecular flexibility index (Phi) is 4.26. The van der Waals surface area contributed by atoms with Crippen molar-refractivity contribution in [1.29, 1.82) is 0 Å². The maximum Gasteiger partial charge on any atom is 0.397 e. The smallest absolute Gasteiger partial charge is 0.397 e. The van der Waals surface area contributed by atoms with E-state index in [4.69, 9.17) is 4.74 Å². The second-order valence-electron chi connectivity index (χ2n) is 13.4. The Hall–Kier alpha value is -6.20. The quantitative estimate of drug-likeness (QED) is 0.134. The fourth-order valence-corrected chi connectivity index (χ4v) is 9.62. The summed E-state index contributed by atoms with van der Waals surface area (Å²) in [5, 5.41) is 7.53. The maximum atomic E-state index is 6.87. The van der Waals surface area contributed by atoms with Gasteiger partial charge in [0.25, 0.3) is 0 Å². The molecule has 0 radical (unpaired) electrons. The molecule has 0 amide bonds. The first-order valence-electron chi connectivity index (χ1n) is 16.6. The third-order valence-electron chi connectivity index (χ3n) is 11.2. The molecular weight excluding hydrogens is 589 g/mol. The van der Waals surface area contributed by atoms with Crippen LogP contribution < -0.4 is 14.0 Å². The highest BCUT2D eigenvalue weighted by atomic mass is 16.5. The molecule has 5 heteroatoms. The first-order valence-corrected chi connectivity index (χ1v) is 16.6. The van der Waals surface area contributed by atoms with Crippen LogP contribution in [0, 0.1) is 13.8 Å². The van der Waals surface area contributed by atoms with Crippen LogP contribution in [0.3, 0.4) is 0 Å². The summed E-state index contributed by atoms with van der Waals surface area (Å²) in [6.07, 6.45) is 2.28. The van der Waals surface area contributed by atoms with Crippen molar-refractivity contribution >= 4 is 43.5 Å². The molecule has 1 spiro atoms. The monoisotopic (exact) mass is 616 g/mol. The van der Waals surface area contributed by atoms with Crippen LogP contribution in [-0.2, 0) is 5.66 Å². The molecule has 0 bridgehead atoms. The minimum Gasteiger partial charge on any atom is -0.456 e. The van der Waals surface area contributed by atoms with Gasteiger partial charge in [-0.3, -0.25) is 0 Å². The second kappa shape index (κ2) is 8.20. The summed E-state index contributed by atoms with van der Waals surface area (Å²) in [7, 11) is 0. The minimum atomic E-state index is -0.715. The Morgan fingerprint density at radius 1 is 0.583 bits per heavy atom. The predicted molar refractivity (Wildman–Crippen MR) is 189 cm³/mol. The molecule has 0 aliphatic carbocycles. The van der Waals surface area contributed by atoms with E-state index in [2.05, 4.69) is 166 Å². The minimum absolute atomic E-state index is 0.715. The zero-order valence-corrected chi connectivity index (χ0v) is 26.4. The molecule has 6 heterocycles. The number of pyridine rings is 1. The summed E-state index contributed by atoms with van der Waals surface area (Å²) < 4.78 is 16.9. The van der Waals surface area contributed by atoms with Crippen LogP contribution in [0.1, 0.15) is 22.5 Å². The fourth-order valence-electron chi connectivity index (χ4n) is 9.62. The third kappa shape index (κ3) is 2.57. The number of ether oxygens (including phenoxy) is 1. The highest BCUT2D eigenvalue weighted by Gasteiger charge is 2.70.